The summed E-state index contributed by atoms with van der Waals surface area (Å²) in [5.41, 5.74) is 1.63. The zero-order valence-corrected chi connectivity index (χ0v) is 14.5. The third-order valence-electron chi connectivity index (χ3n) is 3.81. The first kappa shape index (κ1) is 17.2. The fourth-order valence-electron chi connectivity index (χ4n) is 2.43. The highest BCUT2D eigenvalue weighted by atomic mass is 32.2. The summed E-state index contributed by atoms with van der Waals surface area (Å²) in [7, 11) is -2.14. The number of hydrogen-bond donors (Lipinski definition) is 0. The summed E-state index contributed by atoms with van der Waals surface area (Å²) in [6.07, 6.45) is 1.59. The molecule has 1 aromatic carbocycles. The highest BCUT2D eigenvalue weighted by molar-refractivity contribution is 7.89. The molecule has 0 aliphatic rings. The Morgan fingerprint density at radius 3 is 2.35 bits per heavy atom. The largest absolute Gasteiger partial charge is 0.273 e. The second-order valence-corrected chi connectivity index (χ2v) is 7.28. The number of carbonyl (C=O) groups is 1. The Balaban J connectivity index is 2.36. The summed E-state index contributed by atoms with van der Waals surface area (Å²) in [5, 5.41) is 4.03. The van der Waals surface area contributed by atoms with E-state index >= 15 is 0 Å². The third kappa shape index (κ3) is 3.29. The van der Waals surface area contributed by atoms with Crippen molar-refractivity contribution in [1.29, 1.82) is 0 Å². The second kappa shape index (κ2) is 6.54. The molecule has 1 unspecified atom stereocenters. The van der Waals surface area contributed by atoms with Crippen LogP contribution in [-0.4, -0.2) is 35.0 Å². The van der Waals surface area contributed by atoms with E-state index in [-0.39, 0.29) is 11.4 Å². The minimum Gasteiger partial charge on any atom is -0.273 e. The Morgan fingerprint density at radius 2 is 1.87 bits per heavy atom. The van der Waals surface area contributed by atoms with Crippen molar-refractivity contribution >= 4 is 15.9 Å². The Morgan fingerprint density at radius 1 is 1.26 bits per heavy atom. The van der Waals surface area contributed by atoms with Gasteiger partial charge in [0.05, 0.1) is 16.5 Å². The maximum absolute atomic E-state index is 12.8. The molecule has 0 spiro atoms. The van der Waals surface area contributed by atoms with Crippen LogP contribution in [0.25, 0.3) is 0 Å². The fraction of sp³-hybridized carbons (Fsp3) is 0.375. The molecule has 1 heterocycles. The van der Waals surface area contributed by atoms with Crippen LogP contribution in [0.15, 0.2) is 41.4 Å². The zero-order chi connectivity index (χ0) is 17.2. The van der Waals surface area contributed by atoms with Gasteiger partial charge < -0.3 is 0 Å². The van der Waals surface area contributed by atoms with Gasteiger partial charge >= 0.3 is 0 Å². The second-order valence-electron chi connectivity index (χ2n) is 5.42. The minimum absolute atomic E-state index is 0.0806. The van der Waals surface area contributed by atoms with Crippen LogP contribution in [-0.2, 0) is 21.9 Å². The zero-order valence-electron chi connectivity index (χ0n) is 13.7. The van der Waals surface area contributed by atoms with E-state index < -0.39 is 21.8 Å². The van der Waals surface area contributed by atoms with Crippen LogP contribution in [0, 0.1) is 6.92 Å². The quantitative estimate of drug-likeness (QED) is 0.838. The van der Waals surface area contributed by atoms with E-state index in [2.05, 4.69) is 5.10 Å². The monoisotopic (exact) mass is 335 g/mol. The lowest BCUT2D eigenvalue weighted by atomic mass is 10.1. The van der Waals surface area contributed by atoms with E-state index in [0.29, 0.717) is 5.69 Å². The molecule has 0 N–H and O–H groups in total. The number of hydrogen-bond acceptors (Lipinski definition) is 4. The summed E-state index contributed by atoms with van der Waals surface area (Å²) < 4.78 is 28.0. The van der Waals surface area contributed by atoms with Crippen molar-refractivity contribution in [2.75, 3.05) is 6.54 Å². The van der Waals surface area contributed by atoms with E-state index in [9.17, 15) is 13.2 Å². The van der Waals surface area contributed by atoms with Gasteiger partial charge in [0.1, 0.15) is 0 Å². The van der Waals surface area contributed by atoms with Crippen LogP contribution >= 0.6 is 0 Å². The standard InChI is InChI=1S/C16H21N3O3S/c1-5-19(16(20)13(3)15-10-11-17-18(15)4)23(21,22)14-8-6-12(2)7-9-14/h6-11,13H,5H2,1-4H3. The molecule has 1 atom stereocenters. The number of rotatable bonds is 5. The van der Waals surface area contributed by atoms with E-state index in [0.717, 1.165) is 9.87 Å². The van der Waals surface area contributed by atoms with Gasteiger partial charge in [0.25, 0.3) is 10.0 Å². The molecule has 1 amide bonds. The van der Waals surface area contributed by atoms with Crippen molar-refractivity contribution in [2.45, 2.75) is 31.6 Å². The average Bonchev–Trinajstić information content (AvgIpc) is 2.93. The van der Waals surface area contributed by atoms with Gasteiger partial charge in [0, 0.05) is 19.8 Å². The van der Waals surface area contributed by atoms with Crippen LogP contribution < -0.4 is 0 Å². The Labute approximate surface area is 136 Å². The average molecular weight is 335 g/mol. The van der Waals surface area contributed by atoms with Gasteiger partial charge in [0.2, 0.25) is 5.91 Å². The highest BCUT2D eigenvalue weighted by Gasteiger charge is 2.32. The molecule has 7 heteroatoms. The van der Waals surface area contributed by atoms with Gasteiger partial charge in [-0.15, -0.1) is 0 Å². The third-order valence-corrected chi connectivity index (χ3v) is 5.70. The molecule has 0 radical (unpaired) electrons. The minimum atomic E-state index is -3.86. The molecule has 2 aromatic rings. The van der Waals surface area contributed by atoms with Crippen LogP contribution in [0.2, 0.25) is 0 Å². The molecule has 2 rings (SSSR count). The molecule has 0 bridgehead atoms. The molecule has 0 saturated carbocycles. The molecule has 0 saturated heterocycles. The number of benzene rings is 1. The van der Waals surface area contributed by atoms with Gasteiger partial charge in [-0.2, -0.15) is 5.10 Å². The van der Waals surface area contributed by atoms with E-state index in [1.165, 1.54) is 12.1 Å². The fourth-order valence-corrected chi connectivity index (χ4v) is 3.90. The van der Waals surface area contributed by atoms with Crippen LogP contribution in [0.5, 0.6) is 0 Å². The smallest absolute Gasteiger partial charge is 0.266 e. The maximum Gasteiger partial charge on any atom is 0.266 e. The van der Waals surface area contributed by atoms with E-state index in [1.54, 1.807) is 50.0 Å². The first-order chi connectivity index (χ1) is 10.8. The molecule has 0 fully saturated rings. The predicted molar refractivity (Wildman–Crippen MR) is 87.4 cm³/mol. The molecular weight excluding hydrogens is 314 g/mol. The lowest BCUT2D eigenvalue weighted by molar-refractivity contribution is -0.127. The molecule has 6 nitrogen and oxygen atoms in total. The maximum atomic E-state index is 12.8. The van der Waals surface area contributed by atoms with Crippen LogP contribution in [0.1, 0.15) is 31.0 Å². The van der Waals surface area contributed by atoms with Crippen LogP contribution in [0.4, 0.5) is 0 Å². The van der Waals surface area contributed by atoms with Crippen molar-refractivity contribution in [3.05, 3.63) is 47.8 Å². The van der Waals surface area contributed by atoms with Gasteiger partial charge in [-0.05, 0) is 39.0 Å². The Hall–Kier alpha value is -2.15. The summed E-state index contributed by atoms with van der Waals surface area (Å²) in [6, 6.07) is 8.20. The number of carbonyl (C=O) groups excluding carboxylic acids is 1. The Kier molecular flexibility index (Phi) is 4.89. The predicted octanol–water partition coefficient (Wildman–Crippen LogP) is 2.07. The Bertz CT molecular complexity index is 794. The van der Waals surface area contributed by atoms with Gasteiger partial charge in [-0.25, -0.2) is 12.7 Å². The summed E-state index contributed by atoms with van der Waals surface area (Å²) >= 11 is 0. The van der Waals surface area contributed by atoms with E-state index in [1.807, 2.05) is 6.92 Å². The van der Waals surface area contributed by atoms with Gasteiger partial charge in [0.15, 0.2) is 0 Å². The van der Waals surface area contributed by atoms with Gasteiger partial charge in [-0.3, -0.25) is 9.48 Å². The number of amides is 1. The van der Waals surface area contributed by atoms with Crippen LogP contribution in [0.3, 0.4) is 0 Å². The molecule has 0 aliphatic carbocycles. The lowest BCUT2D eigenvalue weighted by Crippen LogP contribution is -2.39. The lowest BCUT2D eigenvalue weighted by Gasteiger charge is -2.24. The first-order valence-electron chi connectivity index (χ1n) is 7.40. The summed E-state index contributed by atoms with van der Waals surface area (Å²) in [5.74, 6) is -1.06. The molecular formula is C16H21N3O3S. The topological polar surface area (TPSA) is 72.3 Å². The number of likely N-dealkylation sites (N-methyl/N-ethyl adjacent to an activating group) is 1. The summed E-state index contributed by atoms with van der Waals surface area (Å²) in [6.45, 7) is 5.30. The van der Waals surface area contributed by atoms with Crippen molar-refractivity contribution < 1.29 is 13.2 Å². The first-order valence-corrected chi connectivity index (χ1v) is 8.84. The molecule has 0 aliphatic heterocycles. The highest BCUT2D eigenvalue weighted by Crippen LogP contribution is 2.23. The van der Waals surface area contributed by atoms with Gasteiger partial charge in [-0.1, -0.05) is 17.7 Å². The van der Waals surface area contributed by atoms with Crippen molar-refractivity contribution in [3.63, 3.8) is 0 Å². The number of aromatic nitrogens is 2. The normalized spacial score (nSPS) is 12.9. The number of aryl methyl sites for hydroxylation is 2. The van der Waals surface area contributed by atoms with Crippen molar-refractivity contribution in [1.82, 2.24) is 14.1 Å². The SMILES string of the molecule is CCN(C(=O)C(C)c1ccnn1C)S(=O)(=O)c1ccc(C)cc1. The van der Waals surface area contributed by atoms with Crippen molar-refractivity contribution in [3.8, 4) is 0 Å². The molecule has 1 aromatic heterocycles. The summed E-state index contributed by atoms with van der Waals surface area (Å²) in [4.78, 5) is 12.8. The number of sulfonamides is 1. The van der Waals surface area contributed by atoms with E-state index in [4.69, 9.17) is 0 Å². The molecule has 124 valence electrons. The number of nitrogens with zero attached hydrogens (tertiary/aromatic N) is 3. The molecule has 23 heavy (non-hydrogen) atoms. The van der Waals surface area contributed by atoms with Crippen molar-refractivity contribution in [2.24, 2.45) is 7.05 Å².